The first kappa shape index (κ1) is 19.4. The maximum Gasteiger partial charge on any atom is 0.190 e. The van der Waals surface area contributed by atoms with Crippen molar-refractivity contribution >= 4 is 17.5 Å². The predicted molar refractivity (Wildman–Crippen MR) is 106 cm³/mol. The number of nitrogens with zero attached hydrogens (tertiary/aromatic N) is 1. The number of ketones is 2. The highest BCUT2D eigenvalue weighted by Crippen LogP contribution is 2.69. The Bertz CT molecular complexity index is 848. The zero-order valence-corrected chi connectivity index (χ0v) is 17.5. The summed E-state index contributed by atoms with van der Waals surface area (Å²) in [5.41, 5.74) is -0.606. The summed E-state index contributed by atoms with van der Waals surface area (Å²) in [6.07, 6.45) is 5.21. The van der Waals surface area contributed by atoms with Crippen LogP contribution < -0.4 is 0 Å². The molecular formula is C23H31NO5. The summed E-state index contributed by atoms with van der Waals surface area (Å²) in [5, 5.41) is 21.2. The summed E-state index contributed by atoms with van der Waals surface area (Å²) < 4.78 is 6.01. The molecule has 1 heterocycles. The molecule has 8 atom stereocenters. The second-order valence-corrected chi connectivity index (χ2v) is 10.4. The molecule has 0 saturated heterocycles. The molecule has 6 nitrogen and oxygen atoms in total. The van der Waals surface area contributed by atoms with Crippen molar-refractivity contribution in [1.29, 1.82) is 0 Å². The second-order valence-electron chi connectivity index (χ2n) is 10.4. The van der Waals surface area contributed by atoms with Crippen LogP contribution in [0.2, 0.25) is 0 Å². The zero-order valence-electron chi connectivity index (χ0n) is 17.5. The van der Waals surface area contributed by atoms with Crippen molar-refractivity contribution in [2.24, 2.45) is 33.6 Å². The molecule has 0 spiro atoms. The van der Waals surface area contributed by atoms with Crippen molar-refractivity contribution in [3.63, 3.8) is 0 Å². The lowest BCUT2D eigenvalue weighted by molar-refractivity contribution is -0.150. The van der Waals surface area contributed by atoms with Gasteiger partial charge in [0, 0.05) is 18.8 Å². The lowest BCUT2D eigenvalue weighted by Crippen LogP contribution is -2.62. The number of carbonyl (C=O) groups excluding carboxylic acids is 2. The molecule has 2 N–H and O–H groups in total. The molecule has 4 aliphatic carbocycles. The molecule has 0 unspecified atom stereocenters. The third-order valence-corrected chi connectivity index (χ3v) is 9.31. The van der Waals surface area contributed by atoms with Crippen molar-refractivity contribution in [2.45, 2.75) is 77.0 Å². The highest BCUT2D eigenvalue weighted by atomic mass is 16.5. The van der Waals surface area contributed by atoms with Gasteiger partial charge in [0.05, 0.1) is 6.10 Å². The average molecular weight is 402 g/mol. The minimum atomic E-state index is -1.10. The van der Waals surface area contributed by atoms with Crippen LogP contribution in [0.25, 0.3) is 0 Å². The molecule has 3 fully saturated rings. The van der Waals surface area contributed by atoms with Crippen LogP contribution in [0.15, 0.2) is 16.6 Å². The molecule has 0 aromatic carbocycles. The number of hydrogen-bond donors (Lipinski definition) is 2. The lowest BCUT2D eigenvalue weighted by atomic mass is 9.45. The van der Waals surface area contributed by atoms with Crippen LogP contribution in [0.1, 0.15) is 59.3 Å². The Kier molecular flexibility index (Phi) is 4.03. The summed E-state index contributed by atoms with van der Waals surface area (Å²) in [6, 6.07) is 0. The van der Waals surface area contributed by atoms with Crippen LogP contribution >= 0.6 is 0 Å². The van der Waals surface area contributed by atoms with Crippen molar-refractivity contribution < 1.29 is 24.5 Å². The van der Waals surface area contributed by atoms with Crippen molar-refractivity contribution in [1.82, 2.24) is 0 Å². The van der Waals surface area contributed by atoms with Gasteiger partial charge in [-0.2, -0.15) is 0 Å². The molecule has 3 saturated carbocycles. The molecule has 5 aliphatic rings. The number of rotatable bonds is 2. The van der Waals surface area contributed by atoms with Crippen LogP contribution in [0.3, 0.4) is 0 Å². The normalized spacial score (nSPS) is 50.5. The number of ether oxygens (including phenoxy) is 1. The largest absolute Gasteiger partial charge is 0.475 e. The van der Waals surface area contributed by atoms with Crippen molar-refractivity contribution in [2.75, 3.05) is 6.61 Å². The van der Waals surface area contributed by atoms with Crippen LogP contribution in [0, 0.1) is 28.6 Å². The fourth-order valence-electron chi connectivity index (χ4n) is 8.17. The number of hydrogen-bond acceptors (Lipinski definition) is 6. The maximum atomic E-state index is 13.1. The molecule has 6 heteroatoms. The van der Waals surface area contributed by atoms with Gasteiger partial charge in [-0.15, -0.1) is 0 Å². The average Bonchev–Trinajstić information content (AvgIpc) is 3.12. The summed E-state index contributed by atoms with van der Waals surface area (Å²) in [7, 11) is 0. The summed E-state index contributed by atoms with van der Waals surface area (Å²) in [4.78, 5) is 29.8. The van der Waals surface area contributed by atoms with E-state index in [1.807, 2.05) is 6.08 Å². The second kappa shape index (κ2) is 6.01. The number of allylic oxidation sites excluding steroid dienone is 1. The van der Waals surface area contributed by atoms with Gasteiger partial charge < -0.3 is 14.9 Å². The molecule has 158 valence electrons. The summed E-state index contributed by atoms with van der Waals surface area (Å²) in [5.74, 6) is 0.947. The Morgan fingerprint density at radius 2 is 2.10 bits per heavy atom. The molecule has 0 aromatic rings. The minimum absolute atomic E-state index is 0.0823. The number of fused-ring (bicyclic) bond motifs is 7. The predicted octanol–water partition coefficient (Wildman–Crippen LogP) is 2.22. The molecular weight excluding hydrogens is 370 g/mol. The van der Waals surface area contributed by atoms with E-state index >= 15 is 0 Å². The van der Waals surface area contributed by atoms with Crippen LogP contribution in [-0.2, 0) is 14.3 Å². The number of Topliss-reactive ketones (excluding diaryl/α,β-unsaturated/α-hetero) is 1. The van der Waals surface area contributed by atoms with E-state index < -0.39 is 23.7 Å². The van der Waals surface area contributed by atoms with E-state index in [-0.39, 0.29) is 40.8 Å². The van der Waals surface area contributed by atoms with Gasteiger partial charge in [-0.25, -0.2) is 4.99 Å². The van der Waals surface area contributed by atoms with Gasteiger partial charge in [0.2, 0.25) is 0 Å². The lowest BCUT2D eigenvalue weighted by Gasteiger charge is -2.60. The zero-order chi connectivity index (χ0) is 20.8. The van der Waals surface area contributed by atoms with Crippen molar-refractivity contribution in [3.8, 4) is 0 Å². The molecule has 29 heavy (non-hydrogen) atoms. The van der Waals surface area contributed by atoms with Crippen LogP contribution in [-0.4, -0.2) is 52.0 Å². The van der Waals surface area contributed by atoms with Gasteiger partial charge in [0.15, 0.2) is 23.0 Å². The fraction of sp³-hybridized carbons (Fsp3) is 0.783. The molecule has 0 radical (unpaired) electrons. The van der Waals surface area contributed by atoms with E-state index in [2.05, 4.69) is 13.8 Å². The number of aliphatic hydroxyl groups is 2. The third-order valence-electron chi connectivity index (χ3n) is 9.31. The Labute approximate surface area is 171 Å². The highest BCUT2D eigenvalue weighted by molar-refractivity contribution is 5.96. The SMILES string of the molecule is CC1=N[C@]2(C(=O)CO)[C@@H](C[C@H]3[C@@H]4CCC5=CC(=O)CC[C@]5(C)[C@H]4[C@@H](O)C[C@@]32C)O1. The van der Waals surface area contributed by atoms with Crippen LogP contribution in [0.5, 0.6) is 0 Å². The van der Waals surface area contributed by atoms with E-state index in [9.17, 15) is 19.8 Å². The molecule has 0 bridgehead atoms. The maximum absolute atomic E-state index is 13.1. The number of aliphatic hydroxyl groups excluding tert-OH is 2. The molecule has 0 amide bonds. The standard InChI is InChI=1S/C23H31NO5/c1-12-24-23(18(28)11-25)19(29-12)9-16-15-5-4-13-8-14(26)6-7-21(13,2)20(15)17(27)10-22(16,23)3/h8,15-17,19-20,25,27H,4-7,9-11H2,1-3H3/t15-,16-,17-,19+,20+,21-,22-,23+/m0/s1. The van der Waals surface area contributed by atoms with E-state index in [0.29, 0.717) is 18.7 Å². The van der Waals surface area contributed by atoms with E-state index in [0.717, 1.165) is 25.7 Å². The molecule has 5 rings (SSSR count). The van der Waals surface area contributed by atoms with E-state index in [1.54, 1.807) is 6.92 Å². The van der Waals surface area contributed by atoms with E-state index in [4.69, 9.17) is 9.73 Å². The number of carbonyl (C=O) groups is 2. The van der Waals surface area contributed by atoms with Crippen LogP contribution in [0.4, 0.5) is 0 Å². The van der Waals surface area contributed by atoms with Crippen molar-refractivity contribution in [3.05, 3.63) is 11.6 Å². The summed E-state index contributed by atoms with van der Waals surface area (Å²) >= 11 is 0. The van der Waals surface area contributed by atoms with E-state index in [1.165, 1.54) is 5.57 Å². The summed E-state index contributed by atoms with van der Waals surface area (Å²) in [6.45, 7) is 5.50. The molecule has 0 aromatic heterocycles. The first-order valence-electron chi connectivity index (χ1n) is 11.0. The Balaban J connectivity index is 1.60. The van der Waals surface area contributed by atoms with Gasteiger partial charge in [-0.05, 0) is 61.3 Å². The first-order chi connectivity index (χ1) is 13.7. The van der Waals surface area contributed by atoms with Gasteiger partial charge in [0.25, 0.3) is 0 Å². The smallest absolute Gasteiger partial charge is 0.190 e. The van der Waals surface area contributed by atoms with Gasteiger partial charge in [-0.1, -0.05) is 19.4 Å². The third kappa shape index (κ3) is 2.22. The minimum Gasteiger partial charge on any atom is -0.475 e. The van der Waals surface area contributed by atoms with Gasteiger partial charge in [0.1, 0.15) is 12.7 Å². The number of aliphatic imine (C=N–C) groups is 1. The van der Waals surface area contributed by atoms with Gasteiger partial charge in [-0.3, -0.25) is 9.59 Å². The quantitative estimate of drug-likeness (QED) is 0.740. The monoisotopic (exact) mass is 401 g/mol. The molecule has 1 aliphatic heterocycles. The van der Waals surface area contributed by atoms with Gasteiger partial charge >= 0.3 is 0 Å². The topological polar surface area (TPSA) is 96.2 Å². The Hall–Kier alpha value is -1.53. The Morgan fingerprint density at radius 1 is 1.34 bits per heavy atom. The first-order valence-corrected chi connectivity index (χ1v) is 11.0. The fourth-order valence-corrected chi connectivity index (χ4v) is 8.17. The highest BCUT2D eigenvalue weighted by Gasteiger charge is 2.74. The Morgan fingerprint density at radius 3 is 2.83 bits per heavy atom.